The van der Waals surface area contributed by atoms with Gasteiger partial charge in [-0.15, -0.1) is 0 Å². The predicted molar refractivity (Wildman–Crippen MR) is 106 cm³/mol. The van der Waals surface area contributed by atoms with Gasteiger partial charge in [0, 0.05) is 51.9 Å². The molecular weight excluding hydrogens is 326 g/mol. The number of carbonyl (C=O) groups excluding carboxylic acids is 2. The van der Waals surface area contributed by atoms with Gasteiger partial charge in [0.15, 0.2) is 0 Å². The van der Waals surface area contributed by atoms with Crippen molar-refractivity contribution in [3.63, 3.8) is 0 Å². The van der Waals surface area contributed by atoms with Crippen LogP contribution >= 0.6 is 0 Å². The van der Waals surface area contributed by atoms with Crippen molar-refractivity contribution < 1.29 is 9.59 Å². The number of amides is 2. The first kappa shape index (κ1) is 19.5. The topological polar surface area (TPSA) is 52.7 Å². The fraction of sp³-hybridized carbons (Fsp3) is 0.333. The van der Waals surface area contributed by atoms with Crippen LogP contribution in [0, 0.1) is 0 Å². The van der Waals surface area contributed by atoms with Gasteiger partial charge in [0.1, 0.15) is 0 Å². The van der Waals surface area contributed by atoms with Crippen LogP contribution < -0.4 is 10.2 Å². The van der Waals surface area contributed by atoms with E-state index in [2.05, 4.69) is 28.4 Å². The number of hydrogen-bond donors (Lipinski definition) is 1. The van der Waals surface area contributed by atoms with Gasteiger partial charge in [-0.05, 0) is 42.3 Å². The Hall–Kier alpha value is -2.82. The van der Waals surface area contributed by atoms with Crippen LogP contribution in [0.4, 0.5) is 5.69 Å². The molecule has 5 nitrogen and oxygen atoms in total. The molecule has 0 aliphatic carbocycles. The second kappa shape index (κ2) is 8.52. The van der Waals surface area contributed by atoms with Crippen molar-refractivity contribution in [3.8, 4) is 11.1 Å². The number of hydrogen-bond acceptors (Lipinski definition) is 3. The maximum absolute atomic E-state index is 12.6. The van der Waals surface area contributed by atoms with Gasteiger partial charge in [0.2, 0.25) is 5.91 Å². The molecule has 0 heterocycles. The molecule has 0 aliphatic heterocycles. The van der Waals surface area contributed by atoms with Crippen molar-refractivity contribution in [1.82, 2.24) is 10.2 Å². The highest BCUT2D eigenvalue weighted by Gasteiger charge is 2.19. The minimum absolute atomic E-state index is 0.0757. The smallest absolute Gasteiger partial charge is 0.253 e. The maximum atomic E-state index is 12.6. The molecule has 1 N–H and O–H groups in total. The molecule has 0 saturated carbocycles. The average Bonchev–Trinajstić information content (AvgIpc) is 2.66. The Morgan fingerprint density at radius 3 is 2.23 bits per heavy atom. The fourth-order valence-corrected chi connectivity index (χ4v) is 2.68. The summed E-state index contributed by atoms with van der Waals surface area (Å²) in [6.07, 6.45) is 0.286. The van der Waals surface area contributed by atoms with Crippen LogP contribution in [0.25, 0.3) is 11.1 Å². The van der Waals surface area contributed by atoms with Crippen molar-refractivity contribution >= 4 is 17.5 Å². The highest BCUT2D eigenvalue weighted by Crippen LogP contribution is 2.24. The Bertz CT molecular complexity index is 769. The van der Waals surface area contributed by atoms with E-state index in [0.717, 1.165) is 16.8 Å². The predicted octanol–water partition coefficient (Wildman–Crippen LogP) is 3.02. The van der Waals surface area contributed by atoms with Crippen LogP contribution in [-0.4, -0.2) is 50.9 Å². The molecule has 0 unspecified atom stereocenters. The Kier molecular flexibility index (Phi) is 6.39. The monoisotopic (exact) mass is 353 g/mol. The first-order valence-electron chi connectivity index (χ1n) is 8.69. The van der Waals surface area contributed by atoms with Gasteiger partial charge in [-0.3, -0.25) is 9.59 Å². The van der Waals surface area contributed by atoms with Gasteiger partial charge in [0.25, 0.3) is 5.91 Å². The SMILES string of the molecule is CNC(=O)C[C@@H](C)N(C)C(=O)c1ccc(-c2cccc(N(C)C)c2)cc1. The van der Waals surface area contributed by atoms with Gasteiger partial charge < -0.3 is 15.1 Å². The van der Waals surface area contributed by atoms with Gasteiger partial charge in [-0.25, -0.2) is 0 Å². The van der Waals surface area contributed by atoms with E-state index in [-0.39, 0.29) is 24.3 Å². The van der Waals surface area contributed by atoms with Crippen molar-refractivity contribution in [1.29, 1.82) is 0 Å². The molecule has 2 aromatic carbocycles. The number of nitrogens with one attached hydrogen (secondary N) is 1. The lowest BCUT2D eigenvalue weighted by Crippen LogP contribution is -2.38. The summed E-state index contributed by atoms with van der Waals surface area (Å²) in [5.41, 5.74) is 3.91. The minimum atomic E-state index is -0.168. The lowest BCUT2D eigenvalue weighted by atomic mass is 10.0. The third-order valence-electron chi connectivity index (χ3n) is 4.57. The van der Waals surface area contributed by atoms with Crippen LogP contribution in [0.5, 0.6) is 0 Å². The van der Waals surface area contributed by atoms with Gasteiger partial charge in [-0.1, -0.05) is 24.3 Å². The van der Waals surface area contributed by atoms with Gasteiger partial charge >= 0.3 is 0 Å². The molecule has 138 valence electrons. The number of benzene rings is 2. The molecule has 2 amide bonds. The second-order valence-electron chi connectivity index (χ2n) is 6.66. The lowest BCUT2D eigenvalue weighted by Gasteiger charge is -2.24. The van der Waals surface area contributed by atoms with Crippen LogP contribution in [0.2, 0.25) is 0 Å². The van der Waals surface area contributed by atoms with Crippen molar-refractivity contribution in [2.75, 3.05) is 33.1 Å². The summed E-state index contributed by atoms with van der Waals surface area (Å²) in [5, 5.41) is 2.59. The molecule has 0 saturated heterocycles. The normalized spacial score (nSPS) is 11.6. The lowest BCUT2D eigenvalue weighted by molar-refractivity contribution is -0.121. The van der Waals surface area contributed by atoms with E-state index in [0.29, 0.717) is 5.56 Å². The zero-order chi connectivity index (χ0) is 19.3. The van der Waals surface area contributed by atoms with Crippen LogP contribution in [0.15, 0.2) is 48.5 Å². The molecule has 1 atom stereocenters. The summed E-state index contributed by atoms with van der Waals surface area (Å²) >= 11 is 0. The summed E-state index contributed by atoms with van der Waals surface area (Å²) in [6, 6.07) is 15.7. The third kappa shape index (κ3) is 4.63. The van der Waals surface area contributed by atoms with E-state index in [1.807, 2.05) is 51.4 Å². The summed E-state index contributed by atoms with van der Waals surface area (Å²) in [6.45, 7) is 1.87. The van der Waals surface area contributed by atoms with E-state index >= 15 is 0 Å². The number of nitrogens with zero attached hydrogens (tertiary/aromatic N) is 2. The second-order valence-corrected chi connectivity index (χ2v) is 6.66. The first-order chi connectivity index (χ1) is 12.3. The van der Waals surface area contributed by atoms with Crippen molar-refractivity contribution in [2.24, 2.45) is 0 Å². The summed E-state index contributed by atoms with van der Waals surface area (Å²) in [7, 11) is 7.35. The first-order valence-corrected chi connectivity index (χ1v) is 8.69. The zero-order valence-corrected chi connectivity index (χ0v) is 16.1. The highest BCUT2D eigenvalue weighted by atomic mass is 16.2. The van der Waals surface area contributed by atoms with E-state index in [4.69, 9.17) is 0 Å². The largest absolute Gasteiger partial charge is 0.378 e. The third-order valence-corrected chi connectivity index (χ3v) is 4.57. The molecular formula is C21H27N3O2. The van der Waals surface area contributed by atoms with Crippen LogP contribution in [0.3, 0.4) is 0 Å². The molecule has 0 aromatic heterocycles. The number of carbonyl (C=O) groups is 2. The fourth-order valence-electron chi connectivity index (χ4n) is 2.68. The molecule has 0 spiro atoms. The van der Waals surface area contributed by atoms with Crippen LogP contribution in [0.1, 0.15) is 23.7 Å². The Morgan fingerprint density at radius 2 is 1.65 bits per heavy atom. The van der Waals surface area contributed by atoms with E-state index in [9.17, 15) is 9.59 Å². The Balaban J connectivity index is 2.14. The van der Waals surface area contributed by atoms with Crippen LogP contribution in [-0.2, 0) is 4.79 Å². The molecule has 0 bridgehead atoms. The molecule has 0 radical (unpaired) electrons. The van der Waals surface area contributed by atoms with Gasteiger partial charge in [-0.2, -0.15) is 0 Å². The Morgan fingerprint density at radius 1 is 1.00 bits per heavy atom. The van der Waals surface area contributed by atoms with E-state index in [1.54, 1.807) is 19.0 Å². The minimum Gasteiger partial charge on any atom is -0.378 e. The molecule has 2 rings (SSSR count). The highest BCUT2D eigenvalue weighted by molar-refractivity contribution is 5.95. The molecule has 0 fully saturated rings. The van der Waals surface area contributed by atoms with Gasteiger partial charge in [0.05, 0.1) is 0 Å². The quantitative estimate of drug-likeness (QED) is 0.868. The van der Waals surface area contributed by atoms with E-state index in [1.165, 1.54) is 0 Å². The van der Waals surface area contributed by atoms with Crippen molar-refractivity contribution in [2.45, 2.75) is 19.4 Å². The molecule has 5 heteroatoms. The summed E-state index contributed by atoms with van der Waals surface area (Å²) < 4.78 is 0. The molecule has 0 aliphatic rings. The Labute approximate surface area is 155 Å². The number of anilines is 1. The average molecular weight is 353 g/mol. The molecule has 2 aromatic rings. The molecule has 26 heavy (non-hydrogen) atoms. The zero-order valence-electron chi connectivity index (χ0n) is 16.1. The standard InChI is InChI=1S/C21H27N3O2/c1-15(13-20(25)22-2)24(5)21(26)17-11-9-16(10-12-17)18-7-6-8-19(14-18)23(3)4/h6-12,14-15H,13H2,1-5H3,(H,22,25)/t15-/m1/s1. The summed E-state index contributed by atoms with van der Waals surface area (Å²) in [5.74, 6) is -0.164. The van der Waals surface area contributed by atoms with E-state index < -0.39 is 0 Å². The van der Waals surface area contributed by atoms with Crippen molar-refractivity contribution in [3.05, 3.63) is 54.1 Å². The summed E-state index contributed by atoms with van der Waals surface area (Å²) in [4.78, 5) is 27.8. The number of rotatable bonds is 6. The maximum Gasteiger partial charge on any atom is 0.253 e.